The van der Waals surface area contributed by atoms with E-state index in [1.165, 1.54) is 22.5 Å². The van der Waals surface area contributed by atoms with Crippen molar-refractivity contribution in [2.75, 3.05) is 44.4 Å². The van der Waals surface area contributed by atoms with Gasteiger partial charge < -0.3 is 14.4 Å². The number of aryl methyl sites for hydroxylation is 1. The molecule has 2 heterocycles. The SMILES string of the molecule is O=C(OCC(=O)N1CCCc2ccccc21)c1ccc(Cl)c(S(=O)(=O)N2CCOCC2)c1. The molecule has 2 aliphatic rings. The van der Waals surface area contributed by atoms with Gasteiger partial charge in [-0.25, -0.2) is 13.2 Å². The molecule has 2 aliphatic heterocycles. The lowest BCUT2D eigenvalue weighted by atomic mass is 10.0. The molecular weight excluding hydrogens is 456 g/mol. The Balaban J connectivity index is 1.46. The molecule has 0 atom stereocenters. The molecule has 2 aromatic rings. The second kappa shape index (κ2) is 9.58. The van der Waals surface area contributed by atoms with Crippen molar-refractivity contribution in [3.05, 3.63) is 58.6 Å². The quantitative estimate of drug-likeness (QED) is 0.613. The third-order valence-electron chi connectivity index (χ3n) is 5.49. The first kappa shape index (κ1) is 22.7. The summed E-state index contributed by atoms with van der Waals surface area (Å²) in [5.74, 6) is -1.13. The van der Waals surface area contributed by atoms with Crippen LogP contribution in [0.1, 0.15) is 22.3 Å². The number of rotatable bonds is 5. The maximum atomic E-state index is 12.9. The van der Waals surface area contributed by atoms with E-state index in [1.807, 2.05) is 24.3 Å². The Bertz CT molecular complexity index is 1130. The van der Waals surface area contributed by atoms with Crippen molar-refractivity contribution in [1.82, 2.24) is 4.31 Å². The summed E-state index contributed by atoms with van der Waals surface area (Å²) in [6, 6.07) is 11.5. The Labute approximate surface area is 191 Å². The van der Waals surface area contributed by atoms with Gasteiger partial charge in [-0.15, -0.1) is 0 Å². The molecule has 0 saturated carbocycles. The van der Waals surface area contributed by atoms with E-state index in [-0.39, 0.29) is 34.5 Å². The van der Waals surface area contributed by atoms with Crippen molar-refractivity contribution in [3.8, 4) is 0 Å². The zero-order valence-corrected chi connectivity index (χ0v) is 18.9. The molecule has 2 aromatic carbocycles. The van der Waals surface area contributed by atoms with Crippen LogP contribution in [-0.2, 0) is 30.7 Å². The Morgan fingerprint density at radius 1 is 1.06 bits per heavy atom. The lowest BCUT2D eigenvalue weighted by Gasteiger charge is -2.29. The largest absolute Gasteiger partial charge is 0.452 e. The van der Waals surface area contributed by atoms with E-state index in [0.717, 1.165) is 24.1 Å². The van der Waals surface area contributed by atoms with Crippen molar-refractivity contribution in [3.63, 3.8) is 0 Å². The van der Waals surface area contributed by atoms with E-state index in [2.05, 4.69) is 0 Å². The summed E-state index contributed by atoms with van der Waals surface area (Å²) < 4.78 is 37.6. The molecule has 0 aliphatic carbocycles. The second-order valence-corrected chi connectivity index (χ2v) is 9.83. The zero-order chi connectivity index (χ0) is 22.7. The van der Waals surface area contributed by atoms with E-state index in [4.69, 9.17) is 21.1 Å². The Kier molecular flexibility index (Phi) is 6.80. The predicted molar refractivity (Wildman–Crippen MR) is 118 cm³/mol. The topological polar surface area (TPSA) is 93.2 Å². The van der Waals surface area contributed by atoms with Crippen LogP contribution in [0.15, 0.2) is 47.4 Å². The number of hydrogen-bond acceptors (Lipinski definition) is 6. The van der Waals surface area contributed by atoms with Gasteiger partial charge in [0.2, 0.25) is 10.0 Å². The van der Waals surface area contributed by atoms with E-state index in [1.54, 1.807) is 4.90 Å². The lowest BCUT2D eigenvalue weighted by molar-refractivity contribution is -0.121. The van der Waals surface area contributed by atoms with Crippen molar-refractivity contribution in [1.29, 1.82) is 0 Å². The predicted octanol–water partition coefficient (Wildman–Crippen LogP) is 2.50. The molecule has 0 radical (unpaired) electrons. The molecule has 4 rings (SSSR count). The Morgan fingerprint density at radius 3 is 2.59 bits per heavy atom. The van der Waals surface area contributed by atoms with Crippen molar-refractivity contribution in [2.45, 2.75) is 17.7 Å². The maximum absolute atomic E-state index is 12.9. The molecule has 8 nitrogen and oxygen atoms in total. The minimum absolute atomic E-state index is 0.00748. The number of morpholine rings is 1. The summed E-state index contributed by atoms with van der Waals surface area (Å²) >= 11 is 6.13. The molecule has 0 unspecified atom stereocenters. The number of amides is 1. The highest BCUT2D eigenvalue weighted by atomic mass is 35.5. The van der Waals surface area contributed by atoms with Gasteiger partial charge in [0, 0.05) is 25.3 Å². The number of halogens is 1. The summed E-state index contributed by atoms with van der Waals surface area (Å²) in [5.41, 5.74) is 1.91. The van der Waals surface area contributed by atoms with Gasteiger partial charge in [0.25, 0.3) is 5.91 Å². The fourth-order valence-corrected chi connectivity index (χ4v) is 5.74. The summed E-state index contributed by atoms with van der Waals surface area (Å²) in [5, 5.41) is 0.00837. The number of ether oxygens (including phenoxy) is 2. The summed E-state index contributed by atoms with van der Waals surface area (Å²) in [6.45, 7) is 1.11. The van der Waals surface area contributed by atoms with Crippen molar-refractivity contribution in [2.24, 2.45) is 0 Å². The van der Waals surface area contributed by atoms with Crippen LogP contribution >= 0.6 is 11.6 Å². The zero-order valence-electron chi connectivity index (χ0n) is 17.3. The fourth-order valence-electron chi connectivity index (χ4n) is 3.84. The van der Waals surface area contributed by atoms with Crippen LogP contribution in [0.2, 0.25) is 5.02 Å². The van der Waals surface area contributed by atoms with Crippen LogP contribution in [0.5, 0.6) is 0 Å². The first-order chi connectivity index (χ1) is 15.4. The van der Waals surface area contributed by atoms with E-state index in [0.29, 0.717) is 19.8 Å². The van der Waals surface area contributed by atoms with Crippen LogP contribution in [-0.4, -0.2) is 64.1 Å². The number of anilines is 1. The minimum Gasteiger partial charge on any atom is -0.452 e. The van der Waals surface area contributed by atoms with Gasteiger partial charge in [0.15, 0.2) is 6.61 Å². The molecule has 10 heteroatoms. The molecule has 1 saturated heterocycles. The Hall–Kier alpha value is -2.46. The number of benzene rings is 2. The molecule has 0 aromatic heterocycles. The number of fused-ring (bicyclic) bond motifs is 1. The molecule has 0 bridgehead atoms. The number of para-hydroxylation sites is 1. The summed E-state index contributed by atoms with van der Waals surface area (Å²) in [7, 11) is -3.89. The standard InChI is InChI=1S/C22H23ClN2O6S/c23-18-8-7-17(14-20(18)32(28,29)24-10-12-30-13-11-24)22(27)31-15-21(26)25-9-3-5-16-4-1-2-6-19(16)25/h1-2,4,6-8,14H,3,5,9-13,15H2. The second-order valence-electron chi connectivity index (χ2n) is 7.52. The Morgan fingerprint density at radius 2 is 1.81 bits per heavy atom. The smallest absolute Gasteiger partial charge is 0.338 e. The lowest BCUT2D eigenvalue weighted by Crippen LogP contribution is -2.40. The highest BCUT2D eigenvalue weighted by Crippen LogP contribution is 2.28. The third-order valence-corrected chi connectivity index (χ3v) is 7.87. The molecule has 0 N–H and O–H groups in total. The number of sulfonamides is 1. The van der Waals surface area contributed by atoms with Crippen LogP contribution in [0.3, 0.4) is 0 Å². The summed E-state index contributed by atoms with van der Waals surface area (Å²) in [4.78, 5) is 26.7. The van der Waals surface area contributed by atoms with Crippen LogP contribution < -0.4 is 4.90 Å². The number of hydrogen-bond donors (Lipinski definition) is 0. The summed E-state index contributed by atoms with van der Waals surface area (Å²) in [6.07, 6.45) is 1.72. The minimum atomic E-state index is -3.89. The highest BCUT2D eigenvalue weighted by molar-refractivity contribution is 7.89. The number of esters is 1. The first-order valence-corrected chi connectivity index (χ1v) is 12.1. The van der Waals surface area contributed by atoms with Gasteiger partial charge in [0.1, 0.15) is 4.90 Å². The number of carbonyl (C=O) groups excluding carboxylic acids is 2. The average molecular weight is 479 g/mol. The molecule has 1 amide bonds. The van der Waals surface area contributed by atoms with Gasteiger partial charge in [-0.05, 0) is 42.7 Å². The normalized spacial score (nSPS) is 17.0. The van der Waals surface area contributed by atoms with Gasteiger partial charge >= 0.3 is 5.97 Å². The first-order valence-electron chi connectivity index (χ1n) is 10.3. The average Bonchev–Trinajstić information content (AvgIpc) is 2.82. The maximum Gasteiger partial charge on any atom is 0.338 e. The number of carbonyl (C=O) groups is 2. The molecule has 0 spiro atoms. The van der Waals surface area contributed by atoms with Crippen molar-refractivity contribution < 1.29 is 27.5 Å². The van der Waals surface area contributed by atoms with E-state index in [9.17, 15) is 18.0 Å². The van der Waals surface area contributed by atoms with E-state index >= 15 is 0 Å². The molecule has 170 valence electrons. The van der Waals surface area contributed by atoms with Gasteiger partial charge in [-0.3, -0.25) is 4.79 Å². The number of nitrogens with zero attached hydrogens (tertiary/aromatic N) is 2. The van der Waals surface area contributed by atoms with Crippen LogP contribution in [0, 0.1) is 0 Å². The molecule has 1 fully saturated rings. The van der Waals surface area contributed by atoms with Gasteiger partial charge in [-0.1, -0.05) is 29.8 Å². The van der Waals surface area contributed by atoms with Gasteiger partial charge in [-0.2, -0.15) is 4.31 Å². The highest BCUT2D eigenvalue weighted by Gasteiger charge is 2.30. The van der Waals surface area contributed by atoms with Gasteiger partial charge in [0.05, 0.1) is 23.8 Å². The molecular formula is C22H23ClN2O6S. The molecule has 32 heavy (non-hydrogen) atoms. The fraction of sp³-hybridized carbons (Fsp3) is 0.364. The van der Waals surface area contributed by atoms with E-state index < -0.39 is 22.6 Å². The van der Waals surface area contributed by atoms with Crippen molar-refractivity contribution >= 4 is 39.2 Å². The van der Waals surface area contributed by atoms with Crippen LogP contribution in [0.4, 0.5) is 5.69 Å². The monoisotopic (exact) mass is 478 g/mol. The third kappa shape index (κ3) is 4.66. The van der Waals surface area contributed by atoms with Crippen LogP contribution in [0.25, 0.3) is 0 Å².